The summed E-state index contributed by atoms with van der Waals surface area (Å²) in [5.41, 5.74) is 1.28. The summed E-state index contributed by atoms with van der Waals surface area (Å²) in [5, 5.41) is 12.0. The number of aromatic nitrogens is 1. The second-order valence-corrected chi connectivity index (χ2v) is 5.78. The van der Waals surface area contributed by atoms with Gasteiger partial charge in [-0.05, 0) is 7.05 Å². The molecule has 0 saturated carbocycles. The van der Waals surface area contributed by atoms with Crippen molar-refractivity contribution in [2.24, 2.45) is 0 Å². The Hall–Kier alpha value is -0.450. The Morgan fingerprint density at radius 1 is 1.47 bits per heavy atom. The van der Waals surface area contributed by atoms with Crippen molar-refractivity contribution in [1.29, 1.82) is 0 Å². The molecule has 1 aromatic rings. The highest BCUT2D eigenvalue weighted by molar-refractivity contribution is 7.09. The van der Waals surface area contributed by atoms with Crippen molar-refractivity contribution >= 4 is 11.3 Å². The van der Waals surface area contributed by atoms with Crippen LogP contribution in [0.15, 0.2) is 5.38 Å². The van der Waals surface area contributed by atoms with Crippen LogP contribution < -0.4 is 0 Å². The van der Waals surface area contributed by atoms with E-state index in [-0.39, 0.29) is 12.0 Å². The van der Waals surface area contributed by atoms with E-state index in [2.05, 4.69) is 36.0 Å². The SMILES string of the molecule is CN(CCO)Cc1nc(C(C)(C)C)cs1. The second-order valence-electron chi connectivity index (χ2n) is 4.84. The second kappa shape index (κ2) is 5.05. The van der Waals surface area contributed by atoms with Gasteiger partial charge in [0.2, 0.25) is 0 Å². The van der Waals surface area contributed by atoms with Crippen LogP contribution in [-0.2, 0) is 12.0 Å². The first-order valence-electron chi connectivity index (χ1n) is 5.18. The van der Waals surface area contributed by atoms with E-state index in [0.717, 1.165) is 17.2 Å². The third-order valence-electron chi connectivity index (χ3n) is 2.21. The molecule has 0 amide bonds. The van der Waals surface area contributed by atoms with Gasteiger partial charge in [0, 0.05) is 17.3 Å². The molecule has 15 heavy (non-hydrogen) atoms. The van der Waals surface area contributed by atoms with E-state index in [9.17, 15) is 0 Å². The predicted octanol–water partition coefficient (Wildman–Crippen LogP) is 1.86. The van der Waals surface area contributed by atoms with Crippen molar-refractivity contribution in [3.05, 3.63) is 16.1 Å². The highest BCUT2D eigenvalue weighted by Crippen LogP contribution is 2.24. The van der Waals surface area contributed by atoms with Crippen molar-refractivity contribution in [1.82, 2.24) is 9.88 Å². The fourth-order valence-corrected chi connectivity index (χ4v) is 2.31. The van der Waals surface area contributed by atoms with E-state index in [1.54, 1.807) is 11.3 Å². The van der Waals surface area contributed by atoms with E-state index in [0.29, 0.717) is 6.54 Å². The number of aliphatic hydroxyl groups excluding tert-OH is 1. The molecular formula is C11H20N2OS. The summed E-state index contributed by atoms with van der Waals surface area (Å²) in [4.78, 5) is 6.67. The number of hydrogen-bond donors (Lipinski definition) is 1. The molecule has 0 saturated heterocycles. The molecule has 86 valence electrons. The molecule has 0 aliphatic rings. The van der Waals surface area contributed by atoms with Crippen LogP contribution >= 0.6 is 11.3 Å². The number of rotatable bonds is 4. The van der Waals surface area contributed by atoms with Crippen LogP contribution in [0.1, 0.15) is 31.5 Å². The Kier molecular flexibility index (Phi) is 4.25. The van der Waals surface area contributed by atoms with Gasteiger partial charge >= 0.3 is 0 Å². The summed E-state index contributed by atoms with van der Waals surface area (Å²) >= 11 is 1.70. The van der Waals surface area contributed by atoms with E-state index in [1.165, 1.54) is 0 Å². The van der Waals surface area contributed by atoms with E-state index in [1.807, 2.05) is 7.05 Å². The van der Waals surface area contributed by atoms with Gasteiger partial charge in [-0.1, -0.05) is 20.8 Å². The molecule has 1 aromatic heterocycles. The summed E-state index contributed by atoms with van der Waals surface area (Å²) in [7, 11) is 1.99. The first-order chi connectivity index (χ1) is 6.93. The van der Waals surface area contributed by atoms with Crippen LogP contribution in [0, 0.1) is 0 Å². The van der Waals surface area contributed by atoms with Gasteiger partial charge in [0.15, 0.2) is 0 Å². The van der Waals surface area contributed by atoms with Crippen molar-refractivity contribution in [3.63, 3.8) is 0 Å². The molecule has 0 aliphatic carbocycles. The van der Waals surface area contributed by atoms with Gasteiger partial charge in [-0.15, -0.1) is 11.3 Å². The molecular weight excluding hydrogens is 208 g/mol. The Morgan fingerprint density at radius 3 is 2.60 bits per heavy atom. The van der Waals surface area contributed by atoms with Gasteiger partial charge in [0.25, 0.3) is 0 Å². The van der Waals surface area contributed by atoms with Gasteiger partial charge in [-0.3, -0.25) is 4.90 Å². The molecule has 0 atom stereocenters. The maximum Gasteiger partial charge on any atom is 0.107 e. The Balaban J connectivity index is 2.61. The van der Waals surface area contributed by atoms with Gasteiger partial charge in [0.1, 0.15) is 5.01 Å². The molecule has 0 spiro atoms. The molecule has 0 aliphatic heterocycles. The third-order valence-corrected chi connectivity index (χ3v) is 3.04. The normalized spacial score (nSPS) is 12.4. The van der Waals surface area contributed by atoms with Crippen LogP contribution in [0.4, 0.5) is 0 Å². The minimum atomic E-state index is 0.129. The number of nitrogens with zero attached hydrogens (tertiary/aromatic N) is 2. The van der Waals surface area contributed by atoms with Gasteiger partial charge in [0.05, 0.1) is 18.8 Å². The van der Waals surface area contributed by atoms with Crippen LogP contribution in [-0.4, -0.2) is 35.2 Å². The number of likely N-dealkylation sites (N-methyl/N-ethyl adjacent to an activating group) is 1. The standard InChI is InChI=1S/C11H20N2OS/c1-11(2,3)9-8-15-10(12-9)7-13(4)5-6-14/h8,14H,5-7H2,1-4H3. The first-order valence-corrected chi connectivity index (χ1v) is 6.05. The number of hydrogen-bond acceptors (Lipinski definition) is 4. The monoisotopic (exact) mass is 228 g/mol. The topological polar surface area (TPSA) is 36.4 Å². The van der Waals surface area contributed by atoms with Crippen LogP contribution in [0.25, 0.3) is 0 Å². The fourth-order valence-electron chi connectivity index (χ4n) is 1.21. The smallest absolute Gasteiger partial charge is 0.107 e. The minimum Gasteiger partial charge on any atom is -0.395 e. The van der Waals surface area contributed by atoms with Crippen LogP contribution in [0.5, 0.6) is 0 Å². The minimum absolute atomic E-state index is 0.129. The highest BCUT2D eigenvalue weighted by atomic mass is 32.1. The molecule has 1 heterocycles. The van der Waals surface area contributed by atoms with Crippen LogP contribution in [0.3, 0.4) is 0 Å². The molecule has 0 radical (unpaired) electrons. The maximum absolute atomic E-state index is 8.79. The predicted molar refractivity (Wildman–Crippen MR) is 64.2 cm³/mol. The third kappa shape index (κ3) is 3.89. The highest BCUT2D eigenvalue weighted by Gasteiger charge is 2.17. The largest absolute Gasteiger partial charge is 0.395 e. The lowest BCUT2D eigenvalue weighted by Crippen LogP contribution is -2.21. The molecule has 0 bridgehead atoms. The zero-order valence-corrected chi connectivity index (χ0v) is 10.8. The summed E-state index contributed by atoms with van der Waals surface area (Å²) in [5.74, 6) is 0. The maximum atomic E-state index is 8.79. The molecule has 1 rings (SSSR count). The summed E-state index contributed by atoms with van der Waals surface area (Å²) in [6, 6.07) is 0. The quantitative estimate of drug-likeness (QED) is 0.854. The first kappa shape index (κ1) is 12.6. The van der Waals surface area contributed by atoms with Gasteiger partial charge < -0.3 is 5.11 Å². The van der Waals surface area contributed by atoms with Gasteiger partial charge in [-0.25, -0.2) is 4.98 Å². The lowest BCUT2D eigenvalue weighted by molar-refractivity contribution is 0.217. The Morgan fingerprint density at radius 2 is 2.13 bits per heavy atom. The van der Waals surface area contributed by atoms with Crippen molar-refractivity contribution in [2.45, 2.75) is 32.7 Å². The molecule has 0 aromatic carbocycles. The van der Waals surface area contributed by atoms with E-state index in [4.69, 9.17) is 5.11 Å². The summed E-state index contributed by atoms with van der Waals surface area (Å²) in [6.45, 7) is 8.23. The fraction of sp³-hybridized carbons (Fsp3) is 0.727. The Labute approximate surface area is 95.8 Å². The number of aliphatic hydroxyl groups is 1. The lowest BCUT2D eigenvalue weighted by atomic mass is 9.93. The average molecular weight is 228 g/mol. The van der Waals surface area contributed by atoms with Gasteiger partial charge in [-0.2, -0.15) is 0 Å². The zero-order valence-electron chi connectivity index (χ0n) is 9.95. The van der Waals surface area contributed by atoms with E-state index >= 15 is 0 Å². The van der Waals surface area contributed by atoms with Crippen molar-refractivity contribution < 1.29 is 5.11 Å². The van der Waals surface area contributed by atoms with Crippen molar-refractivity contribution in [2.75, 3.05) is 20.2 Å². The summed E-state index contributed by atoms with van der Waals surface area (Å²) < 4.78 is 0. The zero-order chi connectivity index (χ0) is 11.5. The molecule has 4 heteroatoms. The number of thiazole rings is 1. The molecule has 1 N–H and O–H groups in total. The van der Waals surface area contributed by atoms with Crippen LogP contribution in [0.2, 0.25) is 0 Å². The summed E-state index contributed by atoms with van der Waals surface area (Å²) in [6.07, 6.45) is 0. The molecule has 3 nitrogen and oxygen atoms in total. The Bertz CT molecular complexity index is 304. The van der Waals surface area contributed by atoms with Crippen molar-refractivity contribution in [3.8, 4) is 0 Å². The lowest BCUT2D eigenvalue weighted by Gasteiger charge is -2.15. The molecule has 0 unspecified atom stereocenters. The average Bonchev–Trinajstić information content (AvgIpc) is 2.52. The van der Waals surface area contributed by atoms with E-state index < -0.39 is 0 Å². The molecule has 0 fully saturated rings.